The minimum atomic E-state index is -4.38. The minimum absolute atomic E-state index is 0.251. The summed E-state index contributed by atoms with van der Waals surface area (Å²) in [4.78, 5) is 8.90. The Bertz CT molecular complexity index is 1330. The van der Waals surface area contributed by atoms with Gasteiger partial charge in [0.25, 0.3) is 0 Å². The summed E-state index contributed by atoms with van der Waals surface area (Å²) >= 11 is 0. The predicted molar refractivity (Wildman–Crippen MR) is 108 cm³/mol. The van der Waals surface area contributed by atoms with Crippen molar-refractivity contribution < 1.29 is 13.2 Å². The highest BCUT2D eigenvalue weighted by Crippen LogP contribution is 2.29. The molecule has 0 amide bonds. The number of nitrogens with zero attached hydrogens (tertiary/aromatic N) is 3. The van der Waals surface area contributed by atoms with Gasteiger partial charge in [-0.15, -0.1) is 0 Å². The van der Waals surface area contributed by atoms with Gasteiger partial charge in [-0.05, 0) is 54.3 Å². The summed E-state index contributed by atoms with van der Waals surface area (Å²) in [5, 5.41) is 0.806. The number of rotatable bonds is 0. The molecule has 30 heavy (non-hydrogen) atoms. The van der Waals surface area contributed by atoms with Gasteiger partial charge in [-0.2, -0.15) is 13.2 Å². The first-order valence-electron chi connectivity index (χ1n) is 8.99. The van der Waals surface area contributed by atoms with Crippen LogP contribution in [0.5, 0.6) is 0 Å². The van der Waals surface area contributed by atoms with E-state index in [1.54, 1.807) is 0 Å². The molecule has 0 spiro atoms. The molecular weight excluding hydrogens is 387 g/mol. The second kappa shape index (κ2) is 7.77. The fourth-order valence-electron chi connectivity index (χ4n) is 2.81. The Morgan fingerprint density at radius 1 is 0.767 bits per heavy atom. The summed E-state index contributed by atoms with van der Waals surface area (Å²) in [7, 11) is 1.86. The van der Waals surface area contributed by atoms with E-state index in [-0.39, 0.29) is 5.82 Å². The predicted octanol–water partition coefficient (Wildman–Crippen LogP) is 4.79. The number of benzene rings is 2. The number of hydrogen-bond acceptors (Lipinski definition) is 2. The minimum Gasteiger partial charge on any atom is -0.335 e. The van der Waals surface area contributed by atoms with Gasteiger partial charge in [0.2, 0.25) is 5.82 Å². The molecule has 2 heterocycles. The Morgan fingerprint density at radius 2 is 1.43 bits per heavy atom. The molecular formula is C24H14F3N3. The van der Waals surface area contributed by atoms with Gasteiger partial charge in [0, 0.05) is 24.4 Å². The van der Waals surface area contributed by atoms with Crippen molar-refractivity contribution in [3.05, 3.63) is 95.1 Å². The van der Waals surface area contributed by atoms with Crippen molar-refractivity contribution >= 4 is 11.0 Å². The van der Waals surface area contributed by atoms with Crippen LogP contribution in [0.25, 0.3) is 11.0 Å². The topological polar surface area (TPSA) is 30.7 Å². The Kier molecular flexibility index (Phi) is 5.00. The van der Waals surface area contributed by atoms with Crippen LogP contribution >= 0.6 is 0 Å². The lowest BCUT2D eigenvalue weighted by atomic mass is 10.1. The van der Waals surface area contributed by atoms with Crippen LogP contribution in [0.1, 0.15) is 28.2 Å². The van der Waals surface area contributed by atoms with E-state index < -0.39 is 11.7 Å². The standard InChI is InChI=1S/C24H14F3N3/c1-30-16-15-20-21(13-9-17-5-3-2-4-6-17)28-22(29-23(20)30)14-10-18-7-11-19(12-8-18)24(25,26)27/h2-8,11-12,15-16H,1H3. The molecule has 4 aromatic rings. The summed E-state index contributed by atoms with van der Waals surface area (Å²) in [6.45, 7) is 0. The highest BCUT2D eigenvalue weighted by atomic mass is 19.4. The fourth-order valence-corrected chi connectivity index (χ4v) is 2.81. The van der Waals surface area contributed by atoms with Crippen molar-refractivity contribution in [1.29, 1.82) is 0 Å². The van der Waals surface area contributed by atoms with Gasteiger partial charge in [0.1, 0.15) is 11.3 Å². The molecule has 0 atom stereocenters. The quantitative estimate of drug-likeness (QED) is 0.397. The molecule has 0 fully saturated rings. The molecule has 0 N–H and O–H groups in total. The molecule has 0 radical (unpaired) electrons. The largest absolute Gasteiger partial charge is 0.416 e. The Labute approximate surface area is 171 Å². The van der Waals surface area contributed by atoms with Crippen LogP contribution < -0.4 is 0 Å². The third-order valence-electron chi connectivity index (χ3n) is 4.35. The van der Waals surface area contributed by atoms with Gasteiger partial charge < -0.3 is 4.57 Å². The zero-order valence-corrected chi connectivity index (χ0v) is 15.8. The van der Waals surface area contributed by atoms with E-state index >= 15 is 0 Å². The average molecular weight is 401 g/mol. The SMILES string of the molecule is Cn1ccc2c(C#Cc3ccccc3)nc(C#Cc3ccc(C(F)(F)F)cc3)nc21. The number of hydrogen-bond donors (Lipinski definition) is 0. The molecule has 146 valence electrons. The molecule has 0 bridgehead atoms. The second-order valence-electron chi connectivity index (χ2n) is 6.50. The van der Waals surface area contributed by atoms with Crippen molar-refractivity contribution in [3.63, 3.8) is 0 Å². The number of aryl methyl sites for hydroxylation is 1. The molecule has 0 saturated carbocycles. The summed E-state index contributed by atoms with van der Waals surface area (Å²) < 4.78 is 39.9. The van der Waals surface area contributed by atoms with Gasteiger partial charge in [-0.25, -0.2) is 9.97 Å². The van der Waals surface area contributed by atoms with Crippen molar-refractivity contribution in [3.8, 4) is 23.7 Å². The zero-order valence-electron chi connectivity index (χ0n) is 15.8. The Morgan fingerprint density at radius 3 is 2.13 bits per heavy atom. The molecule has 0 aliphatic rings. The first kappa shape index (κ1) is 19.3. The molecule has 0 aliphatic carbocycles. The van der Waals surface area contributed by atoms with Crippen LogP contribution in [0.3, 0.4) is 0 Å². The summed E-state index contributed by atoms with van der Waals surface area (Å²) in [5.74, 6) is 12.1. The molecule has 2 aromatic carbocycles. The van der Waals surface area contributed by atoms with Gasteiger partial charge in [0.15, 0.2) is 0 Å². The highest BCUT2D eigenvalue weighted by Gasteiger charge is 2.29. The summed E-state index contributed by atoms with van der Waals surface area (Å²) in [6.07, 6.45) is -2.51. The van der Waals surface area contributed by atoms with Gasteiger partial charge in [-0.1, -0.05) is 30.0 Å². The molecule has 0 unspecified atom stereocenters. The normalized spacial score (nSPS) is 10.8. The molecule has 6 heteroatoms. The summed E-state index contributed by atoms with van der Waals surface area (Å²) in [6, 6.07) is 16.1. The molecule has 0 aliphatic heterocycles. The van der Waals surface area contributed by atoms with Crippen molar-refractivity contribution in [1.82, 2.24) is 14.5 Å². The Hall–Kier alpha value is -4.03. The van der Waals surface area contributed by atoms with E-state index in [1.807, 2.05) is 54.2 Å². The molecule has 0 saturated heterocycles. The molecule has 3 nitrogen and oxygen atoms in total. The van der Waals surface area contributed by atoms with Crippen LogP contribution in [-0.4, -0.2) is 14.5 Å². The first-order valence-corrected chi connectivity index (χ1v) is 8.99. The second-order valence-corrected chi connectivity index (χ2v) is 6.50. The molecule has 2 aromatic heterocycles. The van der Waals surface area contributed by atoms with E-state index in [4.69, 9.17) is 0 Å². The van der Waals surface area contributed by atoms with Gasteiger partial charge in [-0.3, -0.25) is 0 Å². The summed E-state index contributed by atoms with van der Waals surface area (Å²) in [5.41, 5.74) is 1.81. The lowest BCUT2D eigenvalue weighted by Gasteiger charge is -2.05. The number of fused-ring (bicyclic) bond motifs is 1. The van der Waals surface area contributed by atoms with Crippen molar-refractivity contribution in [2.75, 3.05) is 0 Å². The maximum atomic E-state index is 12.7. The maximum Gasteiger partial charge on any atom is 0.416 e. The number of halogens is 3. The van der Waals surface area contributed by atoms with E-state index in [2.05, 4.69) is 33.6 Å². The van der Waals surface area contributed by atoms with Gasteiger partial charge >= 0.3 is 6.18 Å². The average Bonchev–Trinajstić information content (AvgIpc) is 3.12. The third kappa shape index (κ3) is 4.19. The van der Waals surface area contributed by atoms with Crippen LogP contribution in [0.15, 0.2) is 66.9 Å². The number of aromatic nitrogens is 3. The van der Waals surface area contributed by atoms with E-state index in [0.717, 1.165) is 23.1 Å². The monoisotopic (exact) mass is 401 g/mol. The first-order chi connectivity index (χ1) is 14.4. The van der Waals surface area contributed by atoms with Crippen LogP contribution in [0, 0.1) is 23.7 Å². The lowest BCUT2D eigenvalue weighted by molar-refractivity contribution is -0.137. The number of alkyl halides is 3. The Balaban J connectivity index is 1.72. The van der Waals surface area contributed by atoms with E-state index in [9.17, 15) is 13.2 Å². The van der Waals surface area contributed by atoms with Crippen molar-refractivity contribution in [2.45, 2.75) is 6.18 Å². The highest BCUT2D eigenvalue weighted by molar-refractivity contribution is 5.82. The van der Waals surface area contributed by atoms with Crippen LogP contribution in [-0.2, 0) is 13.2 Å². The van der Waals surface area contributed by atoms with Gasteiger partial charge in [0.05, 0.1) is 10.9 Å². The van der Waals surface area contributed by atoms with Crippen molar-refractivity contribution in [2.24, 2.45) is 7.05 Å². The van der Waals surface area contributed by atoms with Crippen LogP contribution in [0.4, 0.5) is 13.2 Å². The zero-order chi connectivity index (χ0) is 21.1. The smallest absolute Gasteiger partial charge is 0.335 e. The van der Waals surface area contributed by atoms with E-state index in [0.29, 0.717) is 16.9 Å². The third-order valence-corrected chi connectivity index (χ3v) is 4.35. The molecule has 4 rings (SSSR count). The maximum absolute atomic E-state index is 12.7. The fraction of sp³-hybridized carbons (Fsp3) is 0.0833. The lowest BCUT2D eigenvalue weighted by Crippen LogP contribution is -2.04. The van der Waals surface area contributed by atoms with Crippen LogP contribution in [0.2, 0.25) is 0 Å². The van der Waals surface area contributed by atoms with E-state index in [1.165, 1.54) is 12.1 Å².